The zero-order valence-electron chi connectivity index (χ0n) is 24.6. The van der Waals surface area contributed by atoms with Crippen LogP contribution in [0.5, 0.6) is 0 Å². The molecule has 6 aromatic carbocycles. The molecule has 0 saturated heterocycles. The summed E-state index contributed by atoms with van der Waals surface area (Å²) in [7, 11) is 0. The van der Waals surface area contributed by atoms with E-state index >= 15 is 0 Å². The fourth-order valence-electron chi connectivity index (χ4n) is 6.67. The van der Waals surface area contributed by atoms with Gasteiger partial charge >= 0.3 is 0 Å². The molecule has 0 unspecified atom stereocenters. The van der Waals surface area contributed by atoms with Gasteiger partial charge in [-0.2, -0.15) is 0 Å². The minimum atomic E-state index is 0.604. The monoisotopic (exact) mass is 565 g/mol. The smallest absolute Gasteiger partial charge is 0.0887 e. The van der Waals surface area contributed by atoms with Crippen LogP contribution in [0.25, 0.3) is 54.9 Å². The Bertz CT molecular complexity index is 2340. The van der Waals surface area contributed by atoms with Crippen LogP contribution in [0, 0.1) is 0 Å². The summed E-state index contributed by atoms with van der Waals surface area (Å²) in [6.45, 7) is 2.72. The summed E-state index contributed by atoms with van der Waals surface area (Å²) in [6.07, 6.45) is 4.43. The highest BCUT2D eigenvalue weighted by Crippen LogP contribution is 2.43. The number of hydrogen-bond donors (Lipinski definition) is 0. The average Bonchev–Trinajstić information content (AvgIpc) is 3.68. The fourth-order valence-corrected chi connectivity index (χ4v) is 6.67. The summed E-state index contributed by atoms with van der Waals surface area (Å²) >= 11 is 0. The molecule has 210 valence electrons. The Balaban J connectivity index is 1.48. The lowest BCUT2D eigenvalue weighted by Crippen LogP contribution is -2.11. The Labute approximate surface area is 256 Å². The molecule has 0 saturated carbocycles. The molecule has 0 atom stereocenters. The Morgan fingerprint density at radius 1 is 0.591 bits per heavy atom. The van der Waals surface area contributed by atoms with Crippen molar-refractivity contribution in [3.63, 3.8) is 0 Å². The summed E-state index contributed by atoms with van der Waals surface area (Å²) in [6, 6.07) is 51.6. The first kappa shape index (κ1) is 26.0. The first-order valence-corrected chi connectivity index (χ1v) is 15.1. The van der Waals surface area contributed by atoms with Crippen molar-refractivity contribution >= 4 is 54.9 Å². The SMILES string of the molecule is C/C=C(\C(=NCc1ccccc1)c1ccccc1)n1ccc2c3ccccc3c3c(c4ccccc4n3-c3ccccc3)c21. The van der Waals surface area contributed by atoms with E-state index < -0.39 is 0 Å². The third-order valence-corrected chi connectivity index (χ3v) is 8.57. The highest BCUT2D eigenvalue weighted by molar-refractivity contribution is 6.34. The van der Waals surface area contributed by atoms with Gasteiger partial charge in [-0.3, -0.25) is 4.99 Å². The zero-order valence-corrected chi connectivity index (χ0v) is 24.6. The van der Waals surface area contributed by atoms with Crippen LogP contribution in [0.15, 0.2) is 163 Å². The van der Waals surface area contributed by atoms with Crippen molar-refractivity contribution in [3.8, 4) is 5.69 Å². The minimum Gasteiger partial charge on any atom is -0.314 e. The third-order valence-electron chi connectivity index (χ3n) is 8.57. The van der Waals surface area contributed by atoms with Crippen LogP contribution in [0.3, 0.4) is 0 Å². The number of allylic oxidation sites excluding steroid dienone is 2. The van der Waals surface area contributed by atoms with E-state index in [1.807, 2.05) is 0 Å². The zero-order chi connectivity index (χ0) is 29.5. The molecule has 3 nitrogen and oxygen atoms in total. The standard InChI is InChI=1S/C41H31N3/c1-2-36(39(30-18-8-4-9-19-30)42-28-29-16-6-3-7-17-29)43-27-26-34-32-22-12-13-23-33(32)41-38(40(34)43)35-24-14-15-25-37(35)44(41)31-20-10-5-11-21-31/h2-27H,28H2,1H3/b36-2+,42-39?. The van der Waals surface area contributed by atoms with E-state index in [9.17, 15) is 0 Å². The fraction of sp³-hybridized carbons (Fsp3) is 0.0488. The highest BCUT2D eigenvalue weighted by Gasteiger charge is 2.23. The number of aromatic nitrogens is 2. The van der Waals surface area contributed by atoms with Gasteiger partial charge < -0.3 is 9.13 Å². The molecule has 8 aromatic rings. The second-order valence-electron chi connectivity index (χ2n) is 11.1. The van der Waals surface area contributed by atoms with Crippen LogP contribution in [0.4, 0.5) is 0 Å². The maximum atomic E-state index is 5.28. The van der Waals surface area contributed by atoms with Crippen LogP contribution < -0.4 is 0 Å². The normalized spacial score (nSPS) is 12.6. The van der Waals surface area contributed by atoms with E-state index in [1.165, 1.54) is 49.0 Å². The molecule has 0 bridgehead atoms. The molecule has 0 aliphatic carbocycles. The van der Waals surface area contributed by atoms with Crippen LogP contribution in [-0.2, 0) is 6.54 Å². The molecule has 0 spiro atoms. The van der Waals surface area contributed by atoms with Crippen molar-refractivity contribution in [1.82, 2.24) is 9.13 Å². The van der Waals surface area contributed by atoms with Gasteiger partial charge in [0.15, 0.2) is 0 Å². The Kier molecular flexibility index (Phi) is 6.42. The number of para-hydroxylation sites is 2. The van der Waals surface area contributed by atoms with Gasteiger partial charge in [-0.1, -0.05) is 127 Å². The lowest BCUT2D eigenvalue weighted by atomic mass is 10.0. The number of aliphatic imine (C=N–C) groups is 1. The van der Waals surface area contributed by atoms with Crippen molar-refractivity contribution < 1.29 is 0 Å². The van der Waals surface area contributed by atoms with Gasteiger partial charge in [0.2, 0.25) is 0 Å². The van der Waals surface area contributed by atoms with E-state index in [-0.39, 0.29) is 0 Å². The second kappa shape index (κ2) is 10.9. The number of benzene rings is 6. The lowest BCUT2D eigenvalue weighted by Gasteiger charge is -2.16. The van der Waals surface area contributed by atoms with E-state index in [1.54, 1.807) is 0 Å². The van der Waals surface area contributed by atoms with Gasteiger partial charge in [0.05, 0.1) is 34.5 Å². The molecule has 2 aromatic heterocycles. The van der Waals surface area contributed by atoms with Gasteiger partial charge in [0.25, 0.3) is 0 Å². The summed E-state index contributed by atoms with van der Waals surface area (Å²) in [4.78, 5) is 5.28. The molecule has 0 amide bonds. The number of nitrogens with zero attached hydrogens (tertiary/aromatic N) is 3. The molecule has 44 heavy (non-hydrogen) atoms. The maximum Gasteiger partial charge on any atom is 0.0887 e. The quantitative estimate of drug-likeness (QED) is 0.179. The minimum absolute atomic E-state index is 0.604. The molecule has 0 aliphatic rings. The largest absolute Gasteiger partial charge is 0.314 e. The van der Waals surface area contributed by atoms with Crippen molar-refractivity contribution in [3.05, 3.63) is 169 Å². The van der Waals surface area contributed by atoms with E-state index in [4.69, 9.17) is 4.99 Å². The number of fused-ring (bicyclic) bond motifs is 8. The molecule has 2 heterocycles. The van der Waals surface area contributed by atoms with Crippen LogP contribution in [0.2, 0.25) is 0 Å². The van der Waals surface area contributed by atoms with Crippen LogP contribution in [-0.4, -0.2) is 14.8 Å². The summed E-state index contributed by atoms with van der Waals surface area (Å²) in [5.74, 6) is 0. The van der Waals surface area contributed by atoms with Gasteiger partial charge in [-0.05, 0) is 42.1 Å². The Morgan fingerprint density at radius 2 is 1.18 bits per heavy atom. The molecule has 8 rings (SSSR count). The highest BCUT2D eigenvalue weighted by atomic mass is 15.0. The van der Waals surface area contributed by atoms with E-state index in [0.717, 1.165) is 22.7 Å². The van der Waals surface area contributed by atoms with E-state index in [0.29, 0.717) is 6.54 Å². The number of hydrogen-bond acceptors (Lipinski definition) is 1. The molecule has 3 heteroatoms. The summed E-state index contributed by atoms with van der Waals surface area (Å²) < 4.78 is 4.80. The maximum absolute atomic E-state index is 5.28. The predicted molar refractivity (Wildman–Crippen MR) is 187 cm³/mol. The van der Waals surface area contributed by atoms with Crippen LogP contribution >= 0.6 is 0 Å². The van der Waals surface area contributed by atoms with E-state index in [2.05, 4.69) is 174 Å². The van der Waals surface area contributed by atoms with Gasteiger partial charge in [0.1, 0.15) is 0 Å². The Hall–Kier alpha value is -5.67. The first-order valence-electron chi connectivity index (χ1n) is 15.1. The van der Waals surface area contributed by atoms with Gasteiger partial charge in [-0.15, -0.1) is 0 Å². The van der Waals surface area contributed by atoms with Crippen LogP contribution in [0.1, 0.15) is 18.1 Å². The molecule has 0 radical (unpaired) electrons. The van der Waals surface area contributed by atoms with Crippen molar-refractivity contribution in [2.45, 2.75) is 13.5 Å². The molecular formula is C41H31N3. The molecule has 0 aliphatic heterocycles. The second-order valence-corrected chi connectivity index (χ2v) is 11.1. The summed E-state index contributed by atoms with van der Waals surface area (Å²) in [5, 5.41) is 6.21. The third kappa shape index (κ3) is 4.17. The van der Waals surface area contributed by atoms with Gasteiger partial charge in [-0.25, -0.2) is 0 Å². The average molecular weight is 566 g/mol. The molecular weight excluding hydrogens is 534 g/mol. The van der Waals surface area contributed by atoms with Crippen molar-refractivity contribution in [2.24, 2.45) is 4.99 Å². The van der Waals surface area contributed by atoms with Crippen molar-refractivity contribution in [1.29, 1.82) is 0 Å². The first-order chi connectivity index (χ1) is 21.8. The topological polar surface area (TPSA) is 22.2 Å². The van der Waals surface area contributed by atoms with Gasteiger partial charge in [0, 0.05) is 39.0 Å². The molecule has 0 N–H and O–H groups in total. The summed E-state index contributed by atoms with van der Waals surface area (Å²) in [5.41, 5.74) is 9.09. The Morgan fingerprint density at radius 3 is 1.91 bits per heavy atom. The number of rotatable bonds is 6. The predicted octanol–water partition coefficient (Wildman–Crippen LogP) is 10.4. The van der Waals surface area contributed by atoms with Crippen molar-refractivity contribution in [2.75, 3.05) is 0 Å². The molecule has 0 fully saturated rings. The lowest BCUT2D eigenvalue weighted by molar-refractivity contribution is 1.06.